The summed E-state index contributed by atoms with van der Waals surface area (Å²) in [4.78, 5) is 62.4. The Kier molecular flexibility index (Phi) is 7.07. The molecule has 1 heterocycles. The van der Waals surface area contributed by atoms with Gasteiger partial charge in [0.05, 0.1) is 10.9 Å². The number of amides is 2. The van der Waals surface area contributed by atoms with Crippen molar-refractivity contribution in [3.05, 3.63) is 81.0 Å². The van der Waals surface area contributed by atoms with Gasteiger partial charge in [-0.25, -0.2) is 14.2 Å². The van der Waals surface area contributed by atoms with Crippen LogP contribution in [0.3, 0.4) is 0 Å². The van der Waals surface area contributed by atoms with Gasteiger partial charge in [0, 0.05) is 19.9 Å². The fraction of sp³-hybridized carbons (Fsp3) is 0.261. The standard InChI is InChI=1S/C23H24N4O6/c1-26-17-10-6-5-9-15(17)21(30)27(23(26)33)18(13-14-7-3-2-4-8-14)20(29)25-16(22(31)32)11-12-19(24)28/h2-10,16,18H,11-13H2,1H3,(H2,24,28)(H,25,29)(H,31,32). The Morgan fingerprint density at radius 3 is 2.30 bits per heavy atom. The lowest BCUT2D eigenvalue weighted by Crippen LogP contribution is -2.50. The molecule has 0 radical (unpaired) electrons. The number of benzene rings is 2. The van der Waals surface area contributed by atoms with Crippen molar-refractivity contribution < 1.29 is 19.5 Å². The molecule has 0 aliphatic rings. The molecule has 0 fully saturated rings. The Bertz CT molecular complexity index is 1310. The van der Waals surface area contributed by atoms with Gasteiger partial charge in [-0.2, -0.15) is 0 Å². The molecule has 10 nitrogen and oxygen atoms in total. The number of carboxylic acids is 1. The molecule has 0 bridgehead atoms. The van der Waals surface area contributed by atoms with Gasteiger partial charge < -0.3 is 16.2 Å². The van der Waals surface area contributed by atoms with E-state index in [1.54, 1.807) is 54.6 Å². The van der Waals surface area contributed by atoms with E-state index in [9.17, 15) is 29.1 Å². The first-order chi connectivity index (χ1) is 15.7. The monoisotopic (exact) mass is 452 g/mol. The Morgan fingerprint density at radius 2 is 1.67 bits per heavy atom. The molecule has 2 atom stereocenters. The van der Waals surface area contributed by atoms with Crippen molar-refractivity contribution >= 4 is 28.7 Å². The van der Waals surface area contributed by atoms with Crippen molar-refractivity contribution in [3.8, 4) is 0 Å². The first kappa shape index (κ1) is 23.5. The lowest BCUT2D eigenvalue weighted by atomic mass is 10.0. The second kappa shape index (κ2) is 9.94. The molecule has 1 aromatic heterocycles. The van der Waals surface area contributed by atoms with Crippen LogP contribution in [0.2, 0.25) is 0 Å². The van der Waals surface area contributed by atoms with Crippen molar-refractivity contribution in [1.29, 1.82) is 0 Å². The van der Waals surface area contributed by atoms with Gasteiger partial charge in [0.1, 0.15) is 12.1 Å². The Hall–Kier alpha value is -4.21. The number of carboxylic acid groups (broad SMARTS) is 1. The molecule has 0 saturated heterocycles. The number of nitrogens with two attached hydrogens (primary N) is 1. The van der Waals surface area contributed by atoms with Gasteiger partial charge in [0.2, 0.25) is 11.8 Å². The summed E-state index contributed by atoms with van der Waals surface area (Å²) in [5.41, 5.74) is 4.81. The van der Waals surface area contributed by atoms with E-state index in [0.29, 0.717) is 11.1 Å². The predicted octanol–water partition coefficient (Wildman–Crippen LogP) is 0.319. The number of hydrogen-bond acceptors (Lipinski definition) is 5. The number of hydrogen-bond donors (Lipinski definition) is 3. The second-order valence-electron chi connectivity index (χ2n) is 7.64. The number of aliphatic carboxylic acids is 1. The van der Waals surface area contributed by atoms with E-state index >= 15 is 0 Å². The molecular weight excluding hydrogens is 428 g/mol. The summed E-state index contributed by atoms with van der Waals surface area (Å²) in [7, 11) is 1.49. The van der Waals surface area contributed by atoms with E-state index in [-0.39, 0.29) is 24.6 Å². The predicted molar refractivity (Wildman–Crippen MR) is 121 cm³/mol. The average Bonchev–Trinajstić information content (AvgIpc) is 2.80. The number of nitrogens with one attached hydrogen (secondary N) is 1. The minimum Gasteiger partial charge on any atom is -0.480 e. The van der Waals surface area contributed by atoms with Crippen LogP contribution in [0.5, 0.6) is 0 Å². The molecule has 3 aromatic rings. The zero-order valence-corrected chi connectivity index (χ0v) is 17.9. The number of aryl methyl sites for hydroxylation is 1. The van der Waals surface area contributed by atoms with Crippen LogP contribution < -0.4 is 22.3 Å². The summed E-state index contributed by atoms with van der Waals surface area (Å²) in [5, 5.41) is 12.1. The number of nitrogens with zero attached hydrogens (tertiary/aromatic N) is 2. The van der Waals surface area contributed by atoms with Gasteiger partial charge in [-0.1, -0.05) is 42.5 Å². The van der Waals surface area contributed by atoms with Crippen LogP contribution >= 0.6 is 0 Å². The Balaban J connectivity index is 2.10. The summed E-state index contributed by atoms with van der Waals surface area (Å²) in [6, 6.07) is 12.5. The topological polar surface area (TPSA) is 153 Å². The Morgan fingerprint density at radius 1 is 1.03 bits per heavy atom. The highest BCUT2D eigenvalue weighted by molar-refractivity contribution is 5.87. The maximum Gasteiger partial charge on any atom is 0.331 e. The third-order valence-electron chi connectivity index (χ3n) is 5.39. The number of para-hydroxylation sites is 1. The van der Waals surface area contributed by atoms with Crippen molar-refractivity contribution in [2.75, 3.05) is 0 Å². The van der Waals surface area contributed by atoms with E-state index in [1.807, 2.05) is 0 Å². The fourth-order valence-corrected chi connectivity index (χ4v) is 3.65. The minimum absolute atomic E-state index is 0.0255. The highest BCUT2D eigenvalue weighted by atomic mass is 16.4. The lowest BCUT2D eigenvalue weighted by molar-refractivity contribution is -0.142. The number of rotatable bonds is 9. The molecule has 10 heteroatoms. The van der Waals surface area contributed by atoms with Gasteiger partial charge in [-0.3, -0.25) is 19.0 Å². The molecule has 33 heavy (non-hydrogen) atoms. The molecule has 2 amide bonds. The smallest absolute Gasteiger partial charge is 0.331 e. The van der Waals surface area contributed by atoms with E-state index in [4.69, 9.17) is 5.73 Å². The number of carbonyl (C=O) groups is 3. The van der Waals surface area contributed by atoms with Crippen LogP contribution in [-0.2, 0) is 27.9 Å². The molecule has 0 saturated carbocycles. The average molecular weight is 452 g/mol. The van der Waals surface area contributed by atoms with Crippen LogP contribution in [0.4, 0.5) is 0 Å². The van der Waals surface area contributed by atoms with E-state index < -0.39 is 41.1 Å². The quantitative estimate of drug-likeness (QED) is 0.425. The van der Waals surface area contributed by atoms with Crippen LogP contribution in [0.1, 0.15) is 24.4 Å². The zero-order valence-electron chi connectivity index (χ0n) is 17.9. The minimum atomic E-state index is -1.41. The second-order valence-corrected chi connectivity index (χ2v) is 7.64. The number of carbonyl (C=O) groups excluding carboxylic acids is 2. The highest BCUT2D eigenvalue weighted by Gasteiger charge is 2.30. The summed E-state index contributed by atoms with van der Waals surface area (Å²) < 4.78 is 2.11. The molecule has 0 aliphatic carbocycles. The molecule has 172 valence electrons. The lowest BCUT2D eigenvalue weighted by Gasteiger charge is -2.23. The summed E-state index contributed by atoms with van der Waals surface area (Å²) >= 11 is 0. The molecule has 4 N–H and O–H groups in total. The molecule has 2 unspecified atom stereocenters. The first-order valence-corrected chi connectivity index (χ1v) is 10.3. The van der Waals surface area contributed by atoms with Gasteiger partial charge in [-0.15, -0.1) is 0 Å². The molecule has 3 rings (SSSR count). The first-order valence-electron chi connectivity index (χ1n) is 10.3. The summed E-state index contributed by atoms with van der Waals surface area (Å²) in [6.45, 7) is 0. The number of fused-ring (bicyclic) bond motifs is 1. The van der Waals surface area contributed by atoms with Gasteiger partial charge in [-0.05, 0) is 24.1 Å². The van der Waals surface area contributed by atoms with Crippen molar-refractivity contribution in [3.63, 3.8) is 0 Å². The normalized spacial score (nSPS) is 12.8. The van der Waals surface area contributed by atoms with Gasteiger partial charge >= 0.3 is 11.7 Å². The van der Waals surface area contributed by atoms with Crippen LogP contribution in [0, 0.1) is 0 Å². The largest absolute Gasteiger partial charge is 0.480 e. The van der Waals surface area contributed by atoms with Crippen molar-refractivity contribution in [2.24, 2.45) is 12.8 Å². The van der Waals surface area contributed by atoms with Gasteiger partial charge in [0.25, 0.3) is 5.56 Å². The zero-order chi connectivity index (χ0) is 24.1. The van der Waals surface area contributed by atoms with Crippen molar-refractivity contribution in [2.45, 2.75) is 31.3 Å². The molecular formula is C23H24N4O6. The summed E-state index contributed by atoms with van der Waals surface area (Å²) in [6.07, 6.45) is -0.500. The number of primary amides is 1. The third-order valence-corrected chi connectivity index (χ3v) is 5.39. The van der Waals surface area contributed by atoms with Gasteiger partial charge in [0.15, 0.2) is 0 Å². The summed E-state index contributed by atoms with van der Waals surface area (Å²) in [5.74, 6) is -2.90. The molecule has 0 aliphatic heterocycles. The van der Waals surface area contributed by atoms with Crippen molar-refractivity contribution in [1.82, 2.24) is 14.5 Å². The SMILES string of the molecule is Cn1c(=O)n(C(Cc2ccccc2)C(=O)NC(CCC(N)=O)C(=O)O)c(=O)c2ccccc21. The van der Waals surface area contributed by atoms with Crippen LogP contribution in [-0.4, -0.2) is 38.1 Å². The maximum absolute atomic E-state index is 13.3. The van der Waals surface area contributed by atoms with Crippen LogP contribution in [0.15, 0.2) is 64.2 Å². The molecule has 0 spiro atoms. The van der Waals surface area contributed by atoms with E-state index in [0.717, 1.165) is 4.57 Å². The Labute approximate surface area is 188 Å². The highest BCUT2D eigenvalue weighted by Crippen LogP contribution is 2.15. The third kappa shape index (κ3) is 5.17. The van der Waals surface area contributed by atoms with Crippen LogP contribution in [0.25, 0.3) is 10.9 Å². The number of aromatic nitrogens is 2. The van der Waals surface area contributed by atoms with E-state index in [1.165, 1.54) is 11.6 Å². The fourth-order valence-electron chi connectivity index (χ4n) is 3.65. The maximum atomic E-state index is 13.3. The molecule has 2 aromatic carbocycles. The van der Waals surface area contributed by atoms with E-state index in [2.05, 4.69) is 5.32 Å².